The van der Waals surface area contributed by atoms with Crippen molar-refractivity contribution < 1.29 is 18.3 Å². The number of rotatable bonds is 6. The Morgan fingerprint density at radius 2 is 1.69 bits per heavy atom. The van der Waals surface area contributed by atoms with Crippen LogP contribution in [0.25, 0.3) is 0 Å². The van der Waals surface area contributed by atoms with E-state index in [9.17, 15) is 13.5 Å². The van der Waals surface area contributed by atoms with Crippen molar-refractivity contribution in [2.75, 3.05) is 36.5 Å². The summed E-state index contributed by atoms with van der Waals surface area (Å²) in [6, 6.07) is 13.6. The van der Waals surface area contributed by atoms with Crippen LogP contribution >= 0.6 is 0 Å². The highest BCUT2D eigenvalue weighted by Gasteiger charge is 2.23. The van der Waals surface area contributed by atoms with E-state index in [1.54, 1.807) is 48.5 Å². The van der Waals surface area contributed by atoms with Gasteiger partial charge in [-0.3, -0.25) is 10.1 Å². The minimum absolute atomic E-state index is 0.144. The number of nitrogens with zero attached hydrogens (tertiary/aromatic N) is 2. The van der Waals surface area contributed by atoms with Gasteiger partial charge in [0.25, 0.3) is 0 Å². The maximum absolute atomic E-state index is 12.3. The van der Waals surface area contributed by atoms with Crippen molar-refractivity contribution in [3.63, 3.8) is 0 Å². The van der Waals surface area contributed by atoms with Crippen LogP contribution in [-0.2, 0) is 14.9 Å². The first kappa shape index (κ1) is 18.2. The Kier molecular flexibility index (Phi) is 5.71. The molecule has 1 heterocycles. The van der Waals surface area contributed by atoms with Crippen molar-refractivity contribution in [2.24, 2.45) is 5.10 Å². The maximum Gasteiger partial charge on any atom is 0.301 e. The zero-order valence-electron chi connectivity index (χ0n) is 14.0. The van der Waals surface area contributed by atoms with Crippen molar-refractivity contribution in [1.82, 2.24) is 4.31 Å². The van der Waals surface area contributed by atoms with Crippen molar-refractivity contribution in [1.29, 1.82) is 0 Å². The lowest BCUT2D eigenvalue weighted by molar-refractivity contribution is 0.0733. The Bertz CT molecular complexity index is 863. The van der Waals surface area contributed by atoms with Crippen LogP contribution < -0.4 is 10.1 Å². The Hall–Kier alpha value is -2.62. The standard InChI is InChI=1S/C17H20N4O4S/c22-17-4-2-1-3-14(17)13-18-19-15-5-7-16(8-6-15)20-26(23,24)21-9-11-25-12-10-21/h1-8,13,19-20,22H,9-12H2/b18-13+. The molecule has 1 saturated heterocycles. The number of phenolic OH excluding ortho intramolecular Hbond substituents is 1. The number of hydrazone groups is 1. The monoisotopic (exact) mass is 376 g/mol. The molecule has 2 aromatic carbocycles. The molecule has 0 atom stereocenters. The molecule has 1 aliphatic rings. The summed E-state index contributed by atoms with van der Waals surface area (Å²) in [6.07, 6.45) is 1.50. The lowest BCUT2D eigenvalue weighted by Crippen LogP contribution is -2.43. The van der Waals surface area contributed by atoms with Crippen LogP contribution in [0.4, 0.5) is 11.4 Å². The molecule has 0 aromatic heterocycles. The summed E-state index contributed by atoms with van der Waals surface area (Å²) in [7, 11) is -3.58. The van der Waals surface area contributed by atoms with E-state index in [4.69, 9.17) is 4.74 Å². The van der Waals surface area contributed by atoms with Crippen LogP contribution in [0.2, 0.25) is 0 Å². The minimum atomic E-state index is -3.58. The van der Waals surface area contributed by atoms with E-state index in [1.807, 2.05) is 0 Å². The zero-order chi connectivity index (χ0) is 18.4. The fraction of sp³-hybridized carbons (Fsp3) is 0.235. The average Bonchev–Trinajstić information content (AvgIpc) is 2.65. The first-order chi connectivity index (χ1) is 12.5. The Balaban J connectivity index is 1.59. The van der Waals surface area contributed by atoms with Crippen molar-refractivity contribution >= 4 is 27.8 Å². The SMILES string of the molecule is O=S(=O)(Nc1ccc(N/N=C/c2ccccc2O)cc1)N1CCOCC1. The highest BCUT2D eigenvalue weighted by molar-refractivity contribution is 7.90. The summed E-state index contributed by atoms with van der Waals surface area (Å²) in [5, 5.41) is 13.7. The molecule has 8 nitrogen and oxygen atoms in total. The van der Waals surface area contributed by atoms with E-state index in [1.165, 1.54) is 10.5 Å². The lowest BCUT2D eigenvalue weighted by Gasteiger charge is -2.26. The molecular weight excluding hydrogens is 356 g/mol. The van der Waals surface area contributed by atoms with Gasteiger partial charge in [0.2, 0.25) is 0 Å². The van der Waals surface area contributed by atoms with Crippen molar-refractivity contribution in [3.05, 3.63) is 54.1 Å². The van der Waals surface area contributed by atoms with Crippen molar-refractivity contribution in [2.45, 2.75) is 0 Å². The molecule has 138 valence electrons. The van der Waals surface area contributed by atoms with Gasteiger partial charge in [-0.1, -0.05) is 12.1 Å². The van der Waals surface area contributed by atoms with E-state index >= 15 is 0 Å². The van der Waals surface area contributed by atoms with Crippen LogP contribution in [0.3, 0.4) is 0 Å². The highest BCUT2D eigenvalue weighted by atomic mass is 32.2. The van der Waals surface area contributed by atoms with Gasteiger partial charge in [-0.2, -0.15) is 17.8 Å². The van der Waals surface area contributed by atoms with E-state index in [-0.39, 0.29) is 5.75 Å². The second kappa shape index (κ2) is 8.17. The third kappa shape index (κ3) is 4.72. The number of morpholine rings is 1. The first-order valence-electron chi connectivity index (χ1n) is 8.07. The molecule has 3 N–H and O–H groups in total. The molecule has 9 heteroatoms. The van der Waals surface area contributed by atoms with Gasteiger partial charge in [-0.15, -0.1) is 0 Å². The van der Waals surface area contributed by atoms with Gasteiger partial charge in [0.15, 0.2) is 0 Å². The predicted octanol–water partition coefficient (Wildman–Crippen LogP) is 1.83. The quantitative estimate of drug-likeness (QED) is 0.527. The molecule has 0 bridgehead atoms. The molecule has 0 aliphatic carbocycles. The third-order valence-corrected chi connectivity index (χ3v) is 5.31. The number of anilines is 2. The second-order valence-electron chi connectivity index (χ2n) is 5.62. The van der Waals surface area contributed by atoms with E-state index < -0.39 is 10.2 Å². The molecule has 0 amide bonds. The number of hydrogen-bond acceptors (Lipinski definition) is 6. The molecule has 0 saturated carbocycles. The second-order valence-corrected chi connectivity index (χ2v) is 7.30. The smallest absolute Gasteiger partial charge is 0.301 e. The molecule has 2 aromatic rings. The Morgan fingerprint density at radius 1 is 1.04 bits per heavy atom. The normalized spacial score (nSPS) is 15.8. The molecule has 0 spiro atoms. The zero-order valence-corrected chi connectivity index (χ0v) is 14.8. The van der Waals surface area contributed by atoms with E-state index in [0.717, 1.165) is 0 Å². The third-order valence-electron chi connectivity index (χ3n) is 3.78. The highest BCUT2D eigenvalue weighted by Crippen LogP contribution is 2.17. The number of para-hydroxylation sites is 1. The molecular formula is C17H20N4O4S. The van der Waals surface area contributed by atoms with Crippen LogP contribution in [0.5, 0.6) is 5.75 Å². The summed E-state index contributed by atoms with van der Waals surface area (Å²) >= 11 is 0. The molecule has 1 fully saturated rings. The summed E-state index contributed by atoms with van der Waals surface area (Å²) in [5.74, 6) is 0.144. The van der Waals surface area contributed by atoms with Crippen LogP contribution in [0.15, 0.2) is 53.6 Å². The average molecular weight is 376 g/mol. The summed E-state index contributed by atoms with van der Waals surface area (Å²) < 4.78 is 33.7. The van der Waals surface area contributed by atoms with Gasteiger partial charge < -0.3 is 9.84 Å². The lowest BCUT2D eigenvalue weighted by atomic mass is 10.2. The number of aromatic hydroxyl groups is 1. The van der Waals surface area contributed by atoms with Crippen molar-refractivity contribution in [3.8, 4) is 5.75 Å². The van der Waals surface area contributed by atoms with Gasteiger partial charge in [-0.05, 0) is 36.4 Å². The Morgan fingerprint density at radius 3 is 2.38 bits per heavy atom. The van der Waals surface area contributed by atoms with Gasteiger partial charge in [0.1, 0.15) is 5.75 Å². The Labute approximate surface area is 152 Å². The number of hydrogen-bond donors (Lipinski definition) is 3. The van der Waals surface area contributed by atoms with E-state index in [2.05, 4.69) is 15.2 Å². The predicted molar refractivity (Wildman–Crippen MR) is 101 cm³/mol. The molecule has 1 aliphatic heterocycles. The van der Waals surface area contributed by atoms with Crippen LogP contribution in [0, 0.1) is 0 Å². The topological polar surface area (TPSA) is 103 Å². The van der Waals surface area contributed by atoms with Crippen LogP contribution in [0.1, 0.15) is 5.56 Å². The van der Waals surface area contributed by atoms with Gasteiger partial charge in [-0.25, -0.2) is 0 Å². The maximum atomic E-state index is 12.3. The summed E-state index contributed by atoms with van der Waals surface area (Å²) in [5.41, 5.74) is 4.57. The number of ether oxygens (including phenoxy) is 1. The molecule has 0 unspecified atom stereocenters. The fourth-order valence-electron chi connectivity index (χ4n) is 2.39. The first-order valence-corrected chi connectivity index (χ1v) is 9.51. The molecule has 0 radical (unpaired) electrons. The van der Waals surface area contributed by atoms with Gasteiger partial charge in [0.05, 0.1) is 25.1 Å². The minimum Gasteiger partial charge on any atom is -0.507 e. The summed E-state index contributed by atoms with van der Waals surface area (Å²) in [6.45, 7) is 1.49. The van der Waals surface area contributed by atoms with Gasteiger partial charge in [0, 0.05) is 24.3 Å². The van der Waals surface area contributed by atoms with Crippen LogP contribution in [-0.4, -0.2) is 50.3 Å². The number of phenols is 1. The molecule has 3 rings (SSSR count). The fourth-order valence-corrected chi connectivity index (χ4v) is 3.58. The number of benzene rings is 2. The number of nitrogens with one attached hydrogen (secondary N) is 2. The molecule has 26 heavy (non-hydrogen) atoms. The largest absolute Gasteiger partial charge is 0.507 e. The van der Waals surface area contributed by atoms with Gasteiger partial charge >= 0.3 is 10.2 Å². The van der Waals surface area contributed by atoms with E-state index in [0.29, 0.717) is 43.2 Å². The summed E-state index contributed by atoms with van der Waals surface area (Å²) in [4.78, 5) is 0.